The van der Waals surface area contributed by atoms with Crippen LogP contribution in [0, 0.1) is 0 Å². The molecule has 1 amide bonds. The Morgan fingerprint density at radius 2 is 1.76 bits per heavy atom. The molecule has 5 heteroatoms. The van der Waals surface area contributed by atoms with Crippen molar-refractivity contribution in [1.29, 1.82) is 0 Å². The maximum absolute atomic E-state index is 12.3. The molecule has 1 heterocycles. The molecule has 0 saturated heterocycles. The van der Waals surface area contributed by atoms with Gasteiger partial charge in [0.05, 0.1) is 11.9 Å². The minimum absolute atomic E-state index is 0.0730. The second-order valence-electron chi connectivity index (χ2n) is 6.57. The van der Waals surface area contributed by atoms with E-state index in [1.54, 1.807) is 12.3 Å². The van der Waals surface area contributed by atoms with E-state index in [1.807, 2.05) is 30.3 Å². The maximum Gasteiger partial charge on any atom is 0.270 e. The highest BCUT2D eigenvalue weighted by Crippen LogP contribution is 2.18. The molecule has 0 spiro atoms. The predicted octanol–water partition coefficient (Wildman–Crippen LogP) is 4.80. The van der Waals surface area contributed by atoms with Crippen LogP contribution < -0.4 is 10.6 Å². The molecule has 4 nitrogen and oxygen atoms in total. The monoisotopic (exact) mass is 357 g/mol. The number of nitrogens with one attached hydrogen (secondary N) is 2. The van der Waals surface area contributed by atoms with Crippen LogP contribution in [0.15, 0.2) is 42.6 Å². The third-order valence-electron chi connectivity index (χ3n) is 4.60. The molecule has 25 heavy (non-hydrogen) atoms. The summed E-state index contributed by atoms with van der Waals surface area (Å²) in [5, 5.41) is 7.15. The fraction of sp³-hybridized carbons (Fsp3) is 0.400. The van der Waals surface area contributed by atoms with Gasteiger partial charge in [0.1, 0.15) is 5.69 Å². The Morgan fingerprint density at radius 3 is 2.40 bits per heavy atom. The van der Waals surface area contributed by atoms with Crippen molar-refractivity contribution in [3.05, 3.63) is 58.9 Å². The summed E-state index contributed by atoms with van der Waals surface area (Å²) in [4.78, 5) is 16.6. The first-order valence-corrected chi connectivity index (χ1v) is 9.34. The summed E-state index contributed by atoms with van der Waals surface area (Å²) in [6.07, 6.45) is 8.81. The molecule has 2 aromatic rings. The summed E-state index contributed by atoms with van der Waals surface area (Å²) in [6.45, 7) is 0.687. The van der Waals surface area contributed by atoms with Gasteiger partial charge >= 0.3 is 0 Å². The number of amides is 1. The average molecular weight is 358 g/mol. The van der Waals surface area contributed by atoms with Gasteiger partial charge in [0.25, 0.3) is 5.91 Å². The Bertz CT molecular complexity index is 677. The predicted molar refractivity (Wildman–Crippen MR) is 102 cm³/mol. The van der Waals surface area contributed by atoms with Gasteiger partial charge < -0.3 is 10.6 Å². The molecule has 132 valence electrons. The summed E-state index contributed by atoms with van der Waals surface area (Å²) in [5.41, 5.74) is 2.50. The normalized spacial score (nSPS) is 15.4. The third-order valence-corrected chi connectivity index (χ3v) is 4.85. The van der Waals surface area contributed by atoms with Crippen molar-refractivity contribution in [1.82, 2.24) is 10.3 Å². The van der Waals surface area contributed by atoms with E-state index in [2.05, 4.69) is 15.6 Å². The third kappa shape index (κ3) is 5.46. The van der Waals surface area contributed by atoms with E-state index in [9.17, 15) is 4.79 Å². The highest BCUT2D eigenvalue weighted by atomic mass is 35.5. The molecule has 0 radical (unpaired) electrons. The molecule has 0 aliphatic heterocycles. The van der Waals surface area contributed by atoms with Crippen LogP contribution >= 0.6 is 11.6 Å². The molecule has 2 N–H and O–H groups in total. The second kappa shape index (κ2) is 8.86. The Hall–Kier alpha value is -2.07. The molecule has 1 aliphatic rings. The number of carbonyl (C=O) groups excluding carboxylic acids is 1. The van der Waals surface area contributed by atoms with Gasteiger partial charge in [-0.2, -0.15) is 0 Å². The van der Waals surface area contributed by atoms with Gasteiger partial charge in [0.2, 0.25) is 0 Å². The average Bonchev–Trinajstić information content (AvgIpc) is 2.90. The van der Waals surface area contributed by atoms with Crippen LogP contribution in [-0.4, -0.2) is 16.9 Å². The lowest BCUT2D eigenvalue weighted by Crippen LogP contribution is -2.34. The molecular weight excluding hydrogens is 334 g/mol. The SMILES string of the molecule is O=C(NC1CCCCCC1)c1ccc(NCc2ccc(Cl)cc2)cn1. The van der Waals surface area contributed by atoms with E-state index in [1.165, 1.54) is 25.7 Å². The molecule has 1 fully saturated rings. The summed E-state index contributed by atoms with van der Waals surface area (Å²) in [6, 6.07) is 11.7. The number of anilines is 1. The molecule has 1 aromatic heterocycles. The molecule has 3 rings (SSSR count). The van der Waals surface area contributed by atoms with Gasteiger partial charge in [-0.3, -0.25) is 4.79 Å². The number of rotatable bonds is 5. The topological polar surface area (TPSA) is 54.0 Å². The number of hydrogen-bond acceptors (Lipinski definition) is 3. The Labute approximate surface area is 154 Å². The van der Waals surface area contributed by atoms with Gasteiger partial charge in [-0.15, -0.1) is 0 Å². The summed E-state index contributed by atoms with van der Waals surface area (Å²) >= 11 is 5.89. The fourth-order valence-electron chi connectivity index (χ4n) is 3.12. The first-order chi connectivity index (χ1) is 12.2. The summed E-state index contributed by atoms with van der Waals surface area (Å²) < 4.78 is 0. The highest BCUT2D eigenvalue weighted by Gasteiger charge is 2.16. The largest absolute Gasteiger partial charge is 0.380 e. The van der Waals surface area contributed by atoms with Crippen molar-refractivity contribution in [2.45, 2.75) is 51.1 Å². The van der Waals surface area contributed by atoms with Gasteiger partial charge in [-0.25, -0.2) is 4.98 Å². The van der Waals surface area contributed by atoms with Crippen LogP contribution in [0.4, 0.5) is 5.69 Å². The number of pyridine rings is 1. The van der Waals surface area contributed by atoms with E-state index in [-0.39, 0.29) is 5.91 Å². The Morgan fingerprint density at radius 1 is 1.04 bits per heavy atom. The maximum atomic E-state index is 12.3. The molecular formula is C20H24ClN3O. The molecule has 0 bridgehead atoms. The van der Waals surface area contributed by atoms with Gasteiger partial charge in [0, 0.05) is 17.6 Å². The number of nitrogens with zero attached hydrogens (tertiary/aromatic N) is 1. The van der Waals surface area contributed by atoms with Crippen molar-refractivity contribution >= 4 is 23.2 Å². The van der Waals surface area contributed by atoms with Crippen molar-refractivity contribution in [2.24, 2.45) is 0 Å². The summed E-state index contributed by atoms with van der Waals surface area (Å²) in [5.74, 6) is -0.0730. The molecule has 0 unspecified atom stereocenters. The van der Waals surface area contributed by atoms with Crippen LogP contribution in [-0.2, 0) is 6.54 Å². The van der Waals surface area contributed by atoms with Gasteiger partial charge in [-0.05, 0) is 42.7 Å². The quantitative estimate of drug-likeness (QED) is 0.756. The van der Waals surface area contributed by atoms with Crippen LogP contribution in [0.3, 0.4) is 0 Å². The van der Waals surface area contributed by atoms with Crippen molar-refractivity contribution in [3.63, 3.8) is 0 Å². The van der Waals surface area contributed by atoms with E-state index >= 15 is 0 Å². The highest BCUT2D eigenvalue weighted by molar-refractivity contribution is 6.30. The number of halogens is 1. The minimum Gasteiger partial charge on any atom is -0.380 e. The zero-order chi connectivity index (χ0) is 17.5. The lowest BCUT2D eigenvalue weighted by atomic mass is 10.1. The number of aromatic nitrogens is 1. The lowest BCUT2D eigenvalue weighted by molar-refractivity contribution is 0.0928. The number of carbonyl (C=O) groups is 1. The molecule has 1 aliphatic carbocycles. The first kappa shape index (κ1) is 17.7. The van der Waals surface area contributed by atoms with E-state index in [4.69, 9.17) is 11.6 Å². The molecule has 0 atom stereocenters. The lowest BCUT2D eigenvalue weighted by Gasteiger charge is -2.16. The van der Waals surface area contributed by atoms with Crippen molar-refractivity contribution in [3.8, 4) is 0 Å². The van der Waals surface area contributed by atoms with Crippen molar-refractivity contribution < 1.29 is 4.79 Å². The second-order valence-corrected chi connectivity index (χ2v) is 7.01. The van der Waals surface area contributed by atoms with Crippen molar-refractivity contribution in [2.75, 3.05) is 5.32 Å². The van der Waals surface area contributed by atoms with Gasteiger partial charge in [-0.1, -0.05) is 49.4 Å². The number of hydrogen-bond donors (Lipinski definition) is 2. The minimum atomic E-state index is -0.0730. The Kier molecular flexibility index (Phi) is 6.29. The fourth-order valence-corrected chi connectivity index (χ4v) is 3.25. The summed E-state index contributed by atoms with van der Waals surface area (Å²) in [7, 11) is 0. The molecule has 1 aromatic carbocycles. The van der Waals surface area contributed by atoms with E-state index in [0.29, 0.717) is 18.3 Å². The molecule has 1 saturated carbocycles. The van der Waals surface area contributed by atoms with Crippen LogP contribution in [0.1, 0.15) is 54.6 Å². The standard InChI is InChI=1S/C20H24ClN3O/c21-16-9-7-15(8-10-16)13-22-18-11-12-19(23-14-18)20(25)24-17-5-3-1-2-4-6-17/h7-12,14,17,22H,1-6,13H2,(H,24,25). The number of benzene rings is 1. The van der Waals surface area contributed by atoms with E-state index < -0.39 is 0 Å². The first-order valence-electron chi connectivity index (χ1n) is 8.96. The zero-order valence-electron chi connectivity index (χ0n) is 14.3. The van der Waals surface area contributed by atoms with E-state index in [0.717, 1.165) is 29.1 Å². The van der Waals surface area contributed by atoms with Crippen LogP contribution in [0.25, 0.3) is 0 Å². The van der Waals surface area contributed by atoms with Crippen LogP contribution in [0.5, 0.6) is 0 Å². The van der Waals surface area contributed by atoms with Crippen LogP contribution in [0.2, 0.25) is 5.02 Å². The smallest absolute Gasteiger partial charge is 0.270 e. The zero-order valence-corrected chi connectivity index (χ0v) is 15.1. The van der Waals surface area contributed by atoms with Gasteiger partial charge in [0.15, 0.2) is 0 Å². The Balaban J connectivity index is 1.52.